The molecule has 4 heteroatoms. The minimum atomic E-state index is 0.0561. The lowest BCUT2D eigenvalue weighted by Gasteiger charge is -2.23. The molecule has 0 spiro atoms. The van der Waals surface area contributed by atoms with E-state index in [1.54, 1.807) is 0 Å². The molecular formula is C13H24N2OS. The Morgan fingerprint density at radius 2 is 2.06 bits per heavy atom. The number of hydrogen-bond acceptors (Lipinski definition) is 3. The molecule has 0 bridgehead atoms. The summed E-state index contributed by atoms with van der Waals surface area (Å²) >= 11 is 1.90. The minimum absolute atomic E-state index is 0.0561. The Kier molecular flexibility index (Phi) is 5.16. The molecular weight excluding hydrogens is 232 g/mol. The second kappa shape index (κ2) is 6.64. The van der Waals surface area contributed by atoms with Crippen LogP contribution in [0.1, 0.15) is 44.9 Å². The average molecular weight is 256 g/mol. The summed E-state index contributed by atoms with van der Waals surface area (Å²) in [6, 6.07) is 0.461. The molecule has 2 aliphatic rings. The van der Waals surface area contributed by atoms with E-state index in [4.69, 9.17) is 0 Å². The highest BCUT2D eigenvalue weighted by Crippen LogP contribution is 2.28. The van der Waals surface area contributed by atoms with E-state index < -0.39 is 0 Å². The Hall–Kier alpha value is -0.220. The number of carbonyl (C=O) groups is 1. The maximum absolute atomic E-state index is 12.2. The van der Waals surface area contributed by atoms with Crippen LogP contribution in [0, 0.1) is 0 Å². The molecule has 1 saturated heterocycles. The average Bonchev–Trinajstić information content (AvgIpc) is 2.62. The van der Waals surface area contributed by atoms with Gasteiger partial charge in [0, 0.05) is 11.3 Å². The predicted octanol–water partition coefficient (Wildman–Crippen LogP) is 1.92. The molecule has 2 rings (SSSR count). The molecule has 3 unspecified atom stereocenters. The van der Waals surface area contributed by atoms with E-state index in [2.05, 4.69) is 16.9 Å². The quantitative estimate of drug-likeness (QED) is 0.810. The second-order valence-corrected chi connectivity index (χ2v) is 6.25. The van der Waals surface area contributed by atoms with Crippen molar-refractivity contribution in [2.75, 3.05) is 12.8 Å². The fourth-order valence-corrected chi connectivity index (χ4v) is 3.84. The zero-order valence-corrected chi connectivity index (χ0v) is 11.5. The maximum atomic E-state index is 12.2. The molecule has 0 aromatic heterocycles. The fourth-order valence-electron chi connectivity index (χ4n) is 2.91. The van der Waals surface area contributed by atoms with Gasteiger partial charge in [-0.3, -0.25) is 4.79 Å². The van der Waals surface area contributed by atoms with Crippen molar-refractivity contribution >= 4 is 17.7 Å². The van der Waals surface area contributed by atoms with Crippen LogP contribution in [0.4, 0.5) is 0 Å². The first-order chi connectivity index (χ1) is 8.31. The number of carbonyl (C=O) groups excluding carboxylic acids is 1. The summed E-state index contributed by atoms with van der Waals surface area (Å²) in [4.78, 5) is 12.2. The number of hydrogen-bond donors (Lipinski definition) is 2. The molecule has 2 N–H and O–H groups in total. The first-order valence-electron chi connectivity index (χ1n) is 6.88. The largest absolute Gasteiger partial charge is 0.351 e. The van der Waals surface area contributed by atoms with Gasteiger partial charge in [0.25, 0.3) is 0 Å². The molecule has 1 heterocycles. The summed E-state index contributed by atoms with van der Waals surface area (Å²) in [6.07, 6.45) is 10.5. The van der Waals surface area contributed by atoms with Crippen LogP contribution >= 0.6 is 11.8 Å². The van der Waals surface area contributed by atoms with Gasteiger partial charge in [0.1, 0.15) is 0 Å². The van der Waals surface area contributed by atoms with Gasteiger partial charge in [-0.2, -0.15) is 11.8 Å². The van der Waals surface area contributed by atoms with Gasteiger partial charge < -0.3 is 10.6 Å². The first kappa shape index (κ1) is 13.2. The van der Waals surface area contributed by atoms with Crippen molar-refractivity contribution in [2.24, 2.45) is 0 Å². The minimum Gasteiger partial charge on any atom is -0.351 e. The lowest BCUT2D eigenvalue weighted by atomic mass is 10.1. The van der Waals surface area contributed by atoms with Crippen molar-refractivity contribution in [3.63, 3.8) is 0 Å². The van der Waals surface area contributed by atoms with E-state index in [0.717, 1.165) is 19.4 Å². The lowest BCUT2D eigenvalue weighted by molar-refractivity contribution is -0.123. The first-order valence-corrected chi connectivity index (χ1v) is 8.16. The van der Waals surface area contributed by atoms with Gasteiger partial charge >= 0.3 is 0 Å². The third-order valence-corrected chi connectivity index (χ3v) is 5.13. The Bertz CT molecular complexity index is 252. The van der Waals surface area contributed by atoms with Gasteiger partial charge in [0.15, 0.2) is 0 Å². The van der Waals surface area contributed by atoms with E-state index >= 15 is 0 Å². The molecule has 3 atom stereocenters. The maximum Gasteiger partial charge on any atom is 0.237 e. The van der Waals surface area contributed by atoms with Crippen LogP contribution in [0.5, 0.6) is 0 Å². The normalized spacial score (nSPS) is 34.3. The van der Waals surface area contributed by atoms with E-state index in [-0.39, 0.29) is 11.9 Å². The van der Waals surface area contributed by atoms with Crippen molar-refractivity contribution in [3.05, 3.63) is 0 Å². The fraction of sp³-hybridized carbons (Fsp3) is 0.923. The lowest BCUT2D eigenvalue weighted by Crippen LogP contribution is -2.49. The van der Waals surface area contributed by atoms with E-state index in [0.29, 0.717) is 11.3 Å². The van der Waals surface area contributed by atoms with Crippen LogP contribution < -0.4 is 10.6 Å². The zero-order valence-electron chi connectivity index (χ0n) is 10.7. The van der Waals surface area contributed by atoms with Crippen molar-refractivity contribution in [2.45, 2.75) is 62.3 Å². The van der Waals surface area contributed by atoms with Crippen molar-refractivity contribution in [1.29, 1.82) is 0 Å². The number of rotatable bonds is 3. The zero-order chi connectivity index (χ0) is 12.1. The van der Waals surface area contributed by atoms with Crippen molar-refractivity contribution in [1.82, 2.24) is 10.6 Å². The molecule has 98 valence electrons. The van der Waals surface area contributed by atoms with Gasteiger partial charge in [0.2, 0.25) is 5.91 Å². The molecule has 0 radical (unpaired) electrons. The molecule has 3 nitrogen and oxygen atoms in total. The molecule has 1 aliphatic heterocycles. The number of nitrogens with one attached hydrogen (secondary N) is 2. The van der Waals surface area contributed by atoms with Gasteiger partial charge in [-0.1, -0.05) is 19.3 Å². The smallest absolute Gasteiger partial charge is 0.237 e. The van der Waals surface area contributed by atoms with Crippen LogP contribution in [-0.4, -0.2) is 36.0 Å². The summed E-state index contributed by atoms with van der Waals surface area (Å²) in [6.45, 7) is 0.995. The Morgan fingerprint density at radius 1 is 1.18 bits per heavy atom. The third-order valence-electron chi connectivity index (χ3n) is 3.96. The van der Waals surface area contributed by atoms with Gasteiger partial charge in [0.05, 0.1) is 6.04 Å². The summed E-state index contributed by atoms with van der Waals surface area (Å²) in [5.41, 5.74) is 0. The summed E-state index contributed by atoms with van der Waals surface area (Å²) < 4.78 is 0. The highest BCUT2D eigenvalue weighted by atomic mass is 32.2. The van der Waals surface area contributed by atoms with E-state index in [9.17, 15) is 4.79 Å². The molecule has 0 aromatic rings. The Labute approximate surface area is 108 Å². The monoisotopic (exact) mass is 256 g/mol. The van der Waals surface area contributed by atoms with Crippen LogP contribution in [-0.2, 0) is 4.79 Å². The molecule has 1 saturated carbocycles. The van der Waals surface area contributed by atoms with Crippen LogP contribution in [0.25, 0.3) is 0 Å². The topological polar surface area (TPSA) is 41.1 Å². The molecule has 17 heavy (non-hydrogen) atoms. The Balaban J connectivity index is 1.82. The van der Waals surface area contributed by atoms with E-state index in [1.165, 1.54) is 32.1 Å². The summed E-state index contributed by atoms with van der Waals surface area (Å²) in [5.74, 6) is 0.234. The van der Waals surface area contributed by atoms with Gasteiger partial charge in [-0.05, 0) is 38.5 Å². The third kappa shape index (κ3) is 3.62. The highest BCUT2D eigenvalue weighted by molar-refractivity contribution is 7.99. The molecule has 0 aromatic carbocycles. The van der Waals surface area contributed by atoms with Crippen LogP contribution in [0.15, 0.2) is 0 Å². The van der Waals surface area contributed by atoms with Crippen molar-refractivity contribution in [3.8, 4) is 0 Å². The summed E-state index contributed by atoms with van der Waals surface area (Å²) in [7, 11) is 0. The summed E-state index contributed by atoms with van der Waals surface area (Å²) in [5, 5.41) is 7.25. The standard InChI is InChI=1S/C13H24N2OS/c1-17-12-8-5-7-10(12)15-13(16)11-6-3-2-4-9-14-11/h10-12,14H,2-9H2,1H3,(H,15,16). The van der Waals surface area contributed by atoms with Gasteiger partial charge in [-0.15, -0.1) is 0 Å². The molecule has 1 amide bonds. The van der Waals surface area contributed by atoms with Gasteiger partial charge in [-0.25, -0.2) is 0 Å². The van der Waals surface area contributed by atoms with Crippen LogP contribution in [0.3, 0.4) is 0 Å². The molecule has 1 aliphatic carbocycles. The van der Waals surface area contributed by atoms with Crippen molar-refractivity contribution < 1.29 is 4.79 Å². The SMILES string of the molecule is CSC1CCCC1NC(=O)C1CCCCCN1. The number of thioether (sulfide) groups is 1. The second-order valence-electron chi connectivity index (χ2n) is 5.18. The Morgan fingerprint density at radius 3 is 2.88 bits per heavy atom. The number of amides is 1. The predicted molar refractivity (Wildman–Crippen MR) is 73.3 cm³/mol. The molecule has 2 fully saturated rings. The van der Waals surface area contributed by atoms with E-state index in [1.807, 2.05) is 11.8 Å². The van der Waals surface area contributed by atoms with Crippen LogP contribution in [0.2, 0.25) is 0 Å². The highest BCUT2D eigenvalue weighted by Gasteiger charge is 2.30.